The van der Waals surface area contributed by atoms with E-state index < -0.39 is 5.82 Å². The molecule has 0 fully saturated rings. The maximum atomic E-state index is 13.4. The first-order valence-electron chi connectivity index (χ1n) is 6.56. The Labute approximate surface area is 123 Å². The predicted molar refractivity (Wildman–Crippen MR) is 79.8 cm³/mol. The SMILES string of the molecule is CC(C)Cc1ccc(C(=O)c2cccc(F)c2Cl)cc1. The summed E-state index contributed by atoms with van der Waals surface area (Å²) in [6.07, 6.45) is 0.967. The average molecular weight is 291 g/mol. The van der Waals surface area contributed by atoms with E-state index in [1.165, 1.54) is 23.8 Å². The summed E-state index contributed by atoms with van der Waals surface area (Å²) in [5, 5.41) is -0.122. The molecule has 0 saturated carbocycles. The van der Waals surface area contributed by atoms with Gasteiger partial charge < -0.3 is 0 Å². The van der Waals surface area contributed by atoms with Gasteiger partial charge in [-0.3, -0.25) is 4.79 Å². The molecular weight excluding hydrogens is 275 g/mol. The van der Waals surface area contributed by atoms with Crippen LogP contribution in [0.25, 0.3) is 0 Å². The number of hydrogen-bond acceptors (Lipinski definition) is 1. The number of halogens is 2. The fraction of sp³-hybridized carbons (Fsp3) is 0.235. The molecule has 0 spiro atoms. The second-order valence-corrected chi connectivity index (χ2v) is 5.60. The minimum absolute atomic E-state index is 0.122. The molecule has 0 aliphatic rings. The van der Waals surface area contributed by atoms with Crippen LogP contribution in [0.5, 0.6) is 0 Å². The van der Waals surface area contributed by atoms with E-state index in [4.69, 9.17) is 11.6 Å². The van der Waals surface area contributed by atoms with Crippen LogP contribution >= 0.6 is 11.6 Å². The van der Waals surface area contributed by atoms with E-state index in [0.29, 0.717) is 11.5 Å². The Balaban J connectivity index is 2.27. The summed E-state index contributed by atoms with van der Waals surface area (Å²) in [5.74, 6) is -0.270. The fourth-order valence-electron chi connectivity index (χ4n) is 2.10. The van der Waals surface area contributed by atoms with Crippen LogP contribution in [0.2, 0.25) is 5.02 Å². The molecule has 104 valence electrons. The summed E-state index contributed by atoms with van der Waals surface area (Å²) < 4.78 is 13.4. The summed E-state index contributed by atoms with van der Waals surface area (Å²) in [6, 6.07) is 11.7. The Bertz CT molecular complexity index is 617. The van der Waals surface area contributed by atoms with Gasteiger partial charge in [0.1, 0.15) is 5.82 Å². The Morgan fingerprint density at radius 2 is 1.80 bits per heavy atom. The number of rotatable bonds is 4. The van der Waals surface area contributed by atoms with Gasteiger partial charge in [0, 0.05) is 11.1 Å². The maximum absolute atomic E-state index is 13.4. The fourth-order valence-corrected chi connectivity index (χ4v) is 2.31. The summed E-state index contributed by atoms with van der Waals surface area (Å²) in [7, 11) is 0. The summed E-state index contributed by atoms with van der Waals surface area (Å²) >= 11 is 5.84. The first kappa shape index (κ1) is 14.7. The third kappa shape index (κ3) is 3.26. The van der Waals surface area contributed by atoms with Gasteiger partial charge in [-0.25, -0.2) is 4.39 Å². The third-order valence-electron chi connectivity index (χ3n) is 3.06. The minimum atomic E-state index is -0.575. The van der Waals surface area contributed by atoms with Crippen LogP contribution in [0.15, 0.2) is 42.5 Å². The van der Waals surface area contributed by atoms with Crippen molar-refractivity contribution in [3.63, 3.8) is 0 Å². The van der Waals surface area contributed by atoms with Gasteiger partial charge in [0.15, 0.2) is 5.78 Å². The van der Waals surface area contributed by atoms with Crippen LogP contribution < -0.4 is 0 Å². The molecule has 1 nitrogen and oxygen atoms in total. The molecule has 0 heterocycles. The molecule has 2 aromatic carbocycles. The quantitative estimate of drug-likeness (QED) is 0.731. The van der Waals surface area contributed by atoms with E-state index in [9.17, 15) is 9.18 Å². The molecule has 0 bridgehead atoms. The molecule has 20 heavy (non-hydrogen) atoms. The zero-order valence-corrected chi connectivity index (χ0v) is 12.2. The van der Waals surface area contributed by atoms with Crippen LogP contribution in [-0.2, 0) is 6.42 Å². The van der Waals surface area contributed by atoms with E-state index in [1.807, 2.05) is 12.1 Å². The molecule has 0 amide bonds. The maximum Gasteiger partial charge on any atom is 0.194 e. The highest BCUT2D eigenvalue weighted by Gasteiger charge is 2.15. The number of ketones is 1. The summed E-state index contributed by atoms with van der Waals surface area (Å²) in [6.45, 7) is 4.29. The topological polar surface area (TPSA) is 17.1 Å². The van der Waals surface area contributed by atoms with Crippen LogP contribution in [0.1, 0.15) is 35.3 Å². The predicted octanol–water partition coefficient (Wildman–Crippen LogP) is 4.91. The van der Waals surface area contributed by atoms with Crippen molar-refractivity contribution in [2.45, 2.75) is 20.3 Å². The summed E-state index contributed by atoms with van der Waals surface area (Å²) in [5.41, 5.74) is 1.90. The molecule has 2 aromatic rings. The molecule has 0 aromatic heterocycles. The van der Waals surface area contributed by atoms with Gasteiger partial charge in [-0.15, -0.1) is 0 Å². The average Bonchev–Trinajstić information content (AvgIpc) is 2.41. The minimum Gasteiger partial charge on any atom is -0.289 e. The lowest BCUT2D eigenvalue weighted by atomic mass is 9.98. The van der Waals surface area contributed by atoms with E-state index in [2.05, 4.69) is 13.8 Å². The Morgan fingerprint density at radius 3 is 2.40 bits per heavy atom. The van der Waals surface area contributed by atoms with Gasteiger partial charge in [0.05, 0.1) is 5.02 Å². The van der Waals surface area contributed by atoms with Crippen LogP contribution in [0, 0.1) is 11.7 Å². The first-order chi connectivity index (χ1) is 9.49. The zero-order valence-electron chi connectivity index (χ0n) is 11.5. The van der Waals surface area contributed by atoms with Crippen molar-refractivity contribution in [2.75, 3.05) is 0 Å². The zero-order chi connectivity index (χ0) is 14.7. The molecule has 0 N–H and O–H groups in total. The number of benzene rings is 2. The Morgan fingerprint density at radius 1 is 1.15 bits per heavy atom. The lowest BCUT2D eigenvalue weighted by molar-refractivity contribution is 0.103. The van der Waals surface area contributed by atoms with Crippen molar-refractivity contribution in [1.29, 1.82) is 0 Å². The van der Waals surface area contributed by atoms with Crippen molar-refractivity contribution in [2.24, 2.45) is 5.92 Å². The van der Waals surface area contributed by atoms with Crippen molar-refractivity contribution in [3.05, 3.63) is 70.0 Å². The highest BCUT2D eigenvalue weighted by Crippen LogP contribution is 2.23. The molecule has 0 unspecified atom stereocenters. The van der Waals surface area contributed by atoms with E-state index in [0.717, 1.165) is 6.42 Å². The van der Waals surface area contributed by atoms with E-state index in [-0.39, 0.29) is 16.4 Å². The number of carbonyl (C=O) groups is 1. The third-order valence-corrected chi connectivity index (χ3v) is 3.44. The van der Waals surface area contributed by atoms with E-state index >= 15 is 0 Å². The van der Waals surface area contributed by atoms with Gasteiger partial charge in [0.2, 0.25) is 0 Å². The largest absolute Gasteiger partial charge is 0.289 e. The van der Waals surface area contributed by atoms with E-state index in [1.54, 1.807) is 12.1 Å². The number of carbonyl (C=O) groups excluding carboxylic acids is 1. The monoisotopic (exact) mass is 290 g/mol. The van der Waals surface area contributed by atoms with Gasteiger partial charge in [-0.2, -0.15) is 0 Å². The van der Waals surface area contributed by atoms with Crippen molar-refractivity contribution in [3.8, 4) is 0 Å². The number of hydrogen-bond donors (Lipinski definition) is 0. The first-order valence-corrected chi connectivity index (χ1v) is 6.94. The van der Waals surface area contributed by atoms with Crippen LogP contribution in [-0.4, -0.2) is 5.78 Å². The Kier molecular flexibility index (Phi) is 4.56. The van der Waals surface area contributed by atoms with Gasteiger partial charge in [0.25, 0.3) is 0 Å². The smallest absolute Gasteiger partial charge is 0.194 e. The lowest BCUT2D eigenvalue weighted by Crippen LogP contribution is -2.03. The van der Waals surface area contributed by atoms with Crippen molar-refractivity contribution in [1.82, 2.24) is 0 Å². The van der Waals surface area contributed by atoms with Gasteiger partial charge in [-0.05, 0) is 30.0 Å². The molecule has 3 heteroatoms. The molecule has 0 aliphatic carbocycles. The standard InChI is InChI=1S/C17H16ClFO/c1-11(2)10-12-6-8-13(9-7-12)17(20)14-4-3-5-15(19)16(14)18/h3-9,11H,10H2,1-2H3. The van der Waals surface area contributed by atoms with Crippen LogP contribution in [0.3, 0.4) is 0 Å². The molecule has 0 aliphatic heterocycles. The van der Waals surface area contributed by atoms with Gasteiger partial charge >= 0.3 is 0 Å². The van der Waals surface area contributed by atoms with Crippen molar-refractivity contribution < 1.29 is 9.18 Å². The lowest BCUT2D eigenvalue weighted by Gasteiger charge is -2.07. The van der Waals surface area contributed by atoms with Crippen molar-refractivity contribution >= 4 is 17.4 Å². The van der Waals surface area contributed by atoms with Crippen LogP contribution in [0.4, 0.5) is 4.39 Å². The molecule has 2 rings (SSSR count). The highest BCUT2D eigenvalue weighted by atomic mass is 35.5. The van der Waals surface area contributed by atoms with Gasteiger partial charge in [-0.1, -0.05) is 55.8 Å². The molecular formula is C17H16ClFO. The highest BCUT2D eigenvalue weighted by molar-refractivity contribution is 6.35. The second-order valence-electron chi connectivity index (χ2n) is 5.23. The molecule has 0 radical (unpaired) electrons. The Hall–Kier alpha value is -1.67. The molecule has 0 atom stereocenters. The molecule has 0 saturated heterocycles. The second kappa shape index (κ2) is 6.19. The normalized spacial score (nSPS) is 10.8. The summed E-state index contributed by atoms with van der Waals surface area (Å²) in [4.78, 5) is 12.3.